The molecule has 2 amide bonds. The minimum atomic E-state index is -0.247. The Balaban J connectivity index is 1.46. The van der Waals surface area contributed by atoms with Gasteiger partial charge in [0.2, 0.25) is 5.91 Å². The largest absolute Gasteiger partial charge is 0.448 e. The third-order valence-corrected chi connectivity index (χ3v) is 6.81. The Labute approximate surface area is 132 Å². The van der Waals surface area contributed by atoms with Crippen LogP contribution in [0.2, 0.25) is 0 Å². The molecule has 3 fully saturated rings. The molecule has 5 heteroatoms. The first-order valence-corrected chi connectivity index (χ1v) is 8.55. The van der Waals surface area contributed by atoms with Crippen LogP contribution in [-0.2, 0) is 9.53 Å². The molecule has 3 unspecified atom stereocenters. The van der Waals surface area contributed by atoms with Crippen LogP contribution in [0.25, 0.3) is 0 Å². The van der Waals surface area contributed by atoms with Gasteiger partial charge in [-0.05, 0) is 42.4 Å². The maximum Gasteiger partial charge on any atom is 0.409 e. The number of hydrogen-bond acceptors (Lipinski definition) is 3. The smallest absolute Gasteiger partial charge is 0.409 e. The van der Waals surface area contributed by atoms with E-state index < -0.39 is 0 Å². The second-order valence-electron chi connectivity index (χ2n) is 7.94. The summed E-state index contributed by atoms with van der Waals surface area (Å²) in [5.74, 6) is 0.865. The van der Waals surface area contributed by atoms with Crippen molar-refractivity contribution in [1.29, 1.82) is 0 Å². The lowest BCUT2D eigenvalue weighted by Crippen LogP contribution is -2.46. The van der Waals surface area contributed by atoms with Gasteiger partial charge in [0.05, 0.1) is 6.54 Å². The predicted molar refractivity (Wildman–Crippen MR) is 83.3 cm³/mol. The van der Waals surface area contributed by atoms with Crippen molar-refractivity contribution >= 4 is 12.0 Å². The summed E-state index contributed by atoms with van der Waals surface area (Å²) in [4.78, 5) is 25.2. The van der Waals surface area contributed by atoms with Gasteiger partial charge in [-0.2, -0.15) is 0 Å². The van der Waals surface area contributed by atoms with Crippen LogP contribution >= 0.6 is 0 Å². The molecule has 1 aliphatic heterocycles. The van der Waals surface area contributed by atoms with E-state index in [0.717, 1.165) is 12.3 Å². The van der Waals surface area contributed by atoms with Crippen molar-refractivity contribution in [3.63, 3.8) is 0 Å². The van der Waals surface area contributed by atoms with Crippen LogP contribution in [-0.4, -0.2) is 42.6 Å². The Morgan fingerprint density at radius 2 is 2.18 bits per heavy atom. The number of fused-ring (bicyclic) bond motifs is 2. The molecule has 22 heavy (non-hydrogen) atoms. The van der Waals surface area contributed by atoms with Gasteiger partial charge in [0, 0.05) is 19.0 Å². The number of hydrogen-bond donors (Lipinski definition) is 1. The highest BCUT2D eigenvalue weighted by molar-refractivity contribution is 5.76. The molecule has 2 saturated carbocycles. The Bertz CT molecular complexity index is 477. The molecule has 1 N–H and O–H groups in total. The van der Waals surface area contributed by atoms with Crippen LogP contribution in [0.1, 0.15) is 52.9 Å². The Morgan fingerprint density at radius 3 is 2.73 bits per heavy atom. The summed E-state index contributed by atoms with van der Waals surface area (Å²) in [7, 11) is 0. The van der Waals surface area contributed by atoms with Crippen molar-refractivity contribution in [3.05, 3.63) is 0 Å². The van der Waals surface area contributed by atoms with E-state index in [-0.39, 0.29) is 17.4 Å². The van der Waals surface area contributed by atoms with E-state index in [0.29, 0.717) is 44.0 Å². The molecule has 0 spiro atoms. The molecule has 1 heterocycles. The van der Waals surface area contributed by atoms with Gasteiger partial charge in [-0.1, -0.05) is 20.8 Å². The Morgan fingerprint density at radius 1 is 1.41 bits per heavy atom. The summed E-state index contributed by atoms with van der Waals surface area (Å²) in [6.07, 6.45) is 4.58. The maximum atomic E-state index is 12.2. The Kier molecular flexibility index (Phi) is 3.86. The Hall–Kier alpha value is -1.26. The number of rotatable bonds is 5. The fourth-order valence-electron chi connectivity index (χ4n) is 4.75. The quantitative estimate of drug-likeness (QED) is 0.849. The van der Waals surface area contributed by atoms with Crippen molar-refractivity contribution in [2.45, 2.75) is 58.9 Å². The van der Waals surface area contributed by atoms with E-state index >= 15 is 0 Å². The van der Waals surface area contributed by atoms with Gasteiger partial charge in [-0.3, -0.25) is 4.79 Å². The number of carbonyl (C=O) groups is 2. The molecule has 0 aromatic heterocycles. The molecule has 0 aromatic carbocycles. The molecule has 3 atom stereocenters. The molecule has 1 saturated heterocycles. The summed E-state index contributed by atoms with van der Waals surface area (Å²) >= 11 is 0. The highest BCUT2D eigenvalue weighted by Crippen LogP contribution is 2.65. The normalized spacial score (nSPS) is 35.8. The van der Waals surface area contributed by atoms with Gasteiger partial charge < -0.3 is 15.0 Å². The first kappa shape index (κ1) is 15.6. The van der Waals surface area contributed by atoms with Gasteiger partial charge in [0.15, 0.2) is 0 Å². The molecule has 2 aliphatic carbocycles. The lowest BCUT2D eigenvalue weighted by molar-refractivity contribution is -0.123. The maximum absolute atomic E-state index is 12.2. The molecule has 2 bridgehead atoms. The number of nitrogens with one attached hydrogen (secondary N) is 1. The number of carbonyl (C=O) groups excluding carboxylic acids is 2. The summed E-state index contributed by atoms with van der Waals surface area (Å²) in [6.45, 7) is 8.79. The third kappa shape index (κ3) is 2.38. The molecule has 0 aromatic rings. The van der Waals surface area contributed by atoms with Crippen LogP contribution < -0.4 is 5.32 Å². The van der Waals surface area contributed by atoms with Crippen LogP contribution in [0.4, 0.5) is 4.79 Å². The SMILES string of the molecule is CC1(C)C2CCC1(C)C(NC(=O)CCCN1CCOC1=O)C2. The zero-order valence-electron chi connectivity index (χ0n) is 14.0. The molecule has 0 radical (unpaired) electrons. The minimum absolute atomic E-state index is 0.127. The number of cyclic esters (lactones) is 1. The second kappa shape index (κ2) is 5.43. The lowest BCUT2D eigenvalue weighted by atomic mass is 9.69. The fourth-order valence-corrected chi connectivity index (χ4v) is 4.75. The van der Waals surface area contributed by atoms with Crippen molar-refractivity contribution in [3.8, 4) is 0 Å². The zero-order chi connectivity index (χ0) is 16.0. The molecule has 5 nitrogen and oxygen atoms in total. The van der Waals surface area contributed by atoms with Crippen LogP contribution in [0.15, 0.2) is 0 Å². The molecular weight excluding hydrogens is 280 g/mol. The highest BCUT2D eigenvalue weighted by Gasteiger charge is 2.61. The van der Waals surface area contributed by atoms with Crippen molar-refractivity contribution in [2.75, 3.05) is 19.7 Å². The van der Waals surface area contributed by atoms with E-state index in [9.17, 15) is 9.59 Å². The van der Waals surface area contributed by atoms with Crippen molar-refractivity contribution in [1.82, 2.24) is 10.2 Å². The second-order valence-corrected chi connectivity index (χ2v) is 7.94. The fraction of sp³-hybridized carbons (Fsp3) is 0.882. The molecular formula is C17H28N2O3. The van der Waals surface area contributed by atoms with Gasteiger partial charge in [0.25, 0.3) is 0 Å². The van der Waals surface area contributed by atoms with Crippen molar-refractivity contribution in [2.24, 2.45) is 16.7 Å². The summed E-state index contributed by atoms with van der Waals surface area (Å²) in [5, 5.41) is 3.27. The van der Waals surface area contributed by atoms with Crippen LogP contribution in [0, 0.1) is 16.7 Å². The first-order chi connectivity index (χ1) is 10.3. The number of nitrogens with zero attached hydrogens (tertiary/aromatic N) is 1. The predicted octanol–water partition coefficient (Wildman–Crippen LogP) is 2.55. The van der Waals surface area contributed by atoms with E-state index in [1.54, 1.807) is 4.90 Å². The summed E-state index contributed by atoms with van der Waals surface area (Å²) in [6, 6.07) is 0.311. The molecule has 3 rings (SSSR count). The van der Waals surface area contributed by atoms with Gasteiger partial charge >= 0.3 is 6.09 Å². The van der Waals surface area contributed by atoms with Gasteiger partial charge in [-0.25, -0.2) is 4.79 Å². The topological polar surface area (TPSA) is 58.6 Å². The average molecular weight is 308 g/mol. The monoisotopic (exact) mass is 308 g/mol. The van der Waals surface area contributed by atoms with Gasteiger partial charge in [0.1, 0.15) is 6.61 Å². The average Bonchev–Trinajstić information content (AvgIpc) is 3.00. The molecule has 3 aliphatic rings. The highest BCUT2D eigenvalue weighted by atomic mass is 16.6. The van der Waals surface area contributed by atoms with Crippen LogP contribution in [0.3, 0.4) is 0 Å². The molecule has 124 valence electrons. The number of amides is 2. The zero-order valence-corrected chi connectivity index (χ0v) is 14.0. The van der Waals surface area contributed by atoms with E-state index in [4.69, 9.17) is 4.74 Å². The van der Waals surface area contributed by atoms with Crippen molar-refractivity contribution < 1.29 is 14.3 Å². The lowest BCUT2D eigenvalue weighted by Gasteiger charge is -2.39. The van der Waals surface area contributed by atoms with E-state index in [2.05, 4.69) is 26.1 Å². The number of ether oxygens (including phenoxy) is 1. The minimum Gasteiger partial charge on any atom is -0.448 e. The summed E-state index contributed by atoms with van der Waals surface area (Å²) in [5.41, 5.74) is 0.552. The standard InChI is InChI=1S/C17H28N2O3/c1-16(2)12-6-7-17(16,3)13(11-12)18-14(20)5-4-8-19-9-10-22-15(19)21/h12-13H,4-11H2,1-3H3,(H,18,20). The first-order valence-electron chi connectivity index (χ1n) is 8.55. The van der Waals surface area contributed by atoms with E-state index in [1.807, 2.05) is 0 Å². The van der Waals surface area contributed by atoms with Crippen LogP contribution in [0.5, 0.6) is 0 Å². The summed E-state index contributed by atoms with van der Waals surface area (Å²) < 4.78 is 4.89. The van der Waals surface area contributed by atoms with E-state index in [1.165, 1.54) is 12.8 Å². The van der Waals surface area contributed by atoms with Gasteiger partial charge in [-0.15, -0.1) is 0 Å². The third-order valence-electron chi connectivity index (χ3n) is 6.81.